The van der Waals surface area contributed by atoms with Crippen molar-refractivity contribution in [3.8, 4) is 0 Å². The van der Waals surface area contributed by atoms with Crippen molar-refractivity contribution in [1.29, 1.82) is 0 Å². The molecule has 0 unspecified atom stereocenters. The summed E-state index contributed by atoms with van der Waals surface area (Å²) >= 11 is 0. The molecule has 3 rings (SSSR count). The number of carbonyl (C=O) groups excluding carboxylic acids is 1. The Kier molecular flexibility index (Phi) is 5.06. The molecule has 2 saturated heterocycles. The van der Waals surface area contributed by atoms with Gasteiger partial charge in [0, 0.05) is 65.2 Å². The van der Waals surface area contributed by atoms with E-state index in [1.165, 1.54) is 0 Å². The molecule has 138 valence electrons. The maximum Gasteiger partial charge on any atom is 0.251 e. The molecule has 8 heteroatoms. The standard InChI is InChI=1S/C17H25F2N5O/c1-22(2)14-3-8-20-16(21-14)24-9-4-13(5-10-24)15(25)23-11-6-17(18,19)7-12-23/h3,8,13H,4-7,9-12H2,1-2H3. The number of nitrogens with zero attached hydrogens (tertiary/aromatic N) is 5. The van der Waals surface area contributed by atoms with Gasteiger partial charge in [0.05, 0.1) is 0 Å². The lowest BCUT2D eigenvalue weighted by atomic mass is 9.94. The van der Waals surface area contributed by atoms with Gasteiger partial charge < -0.3 is 14.7 Å². The summed E-state index contributed by atoms with van der Waals surface area (Å²) < 4.78 is 26.5. The summed E-state index contributed by atoms with van der Waals surface area (Å²) in [4.78, 5) is 27.1. The van der Waals surface area contributed by atoms with E-state index in [2.05, 4.69) is 14.9 Å². The highest BCUT2D eigenvalue weighted by atomic mass is 19.3. The van der Waals surface area contributed by atoms with E-state index < -0.39 is 5.92 Å². The van der Waals surface area contributed by atoms with E-state index >= 15 is 0 Å². The van der Waals surface area contributed by atoms with Crippen molar-refractivity contribution in [3.05, 3.63) is 12.3 Å². The predicted octanol–water partition coefficient (Wildman–Crippen LogP) is 2.02. The van der Waals surface area contributed by atoms with Crippen molar-refractivity contribution < 1.29 is 13.6 Å². The molecule has 2 fully saturated rings. The van der Waals surface area contributed by atoms with Gasteiger partial charge >= 0.3 is 0 Å². The van der Waals surface area contributed by atoms with Crippen LogP contribution < -0.4 is 9.80 Å². The van der Waals surface area contributed by atoms with Crippen LogP contribution in [0.3, 0.4) is 0 Å². The number of rotatable bonds is 3. The molecule has 0 N–H and O–H groups in total. The number of hydrogen-bond donors (Lipinski definition) is 0. The predicted molar refractivity (Wildman–Crippen MR) is 92.1 cm³/mol. The Labute approximate surface area is 146 Å². The largest absolute Gasteiger partial charge is 0.363 e. The van der Waals surface area contributed by atoms with Gasteiger partial charge in [-0.15, -0.1) is 0 Å². The minimum absolute atomic E-state index is 0.0260. The summed E-state index contributed by atoms with van der Waals surface area (Å²) in [5.41, 5.74) is 0. The average Bonchev–Trinajstić information content (AvgIpc) is 2.61. The summed E-state index contributed by atoms with van der Waals surface area (Å²) in [5, 5.41) is 0. The summed E-state index contributed by atoms with van der Waals surface area (Å²) in [6.07, 6.45) is 2.72. The van der Waals surface area contributed by atoms with Crippen molar-refractivity contribution in [1.82, 2.24) is 14.9 Å². The summed E-state index contributed by atoms with van der Waals surface area (Å²) in [7, 11) is 3.86. The third-order valence-corrected chi connectivity index (χ3v) is 5.02. The van der Waals surface area contributed by atoms with E-state index in [0.717, 1.165) is 5.82 Å². The van der Waals surface area contributed by atoms with Crippen LogP contribution in [0.1, 0.15) is 25.7 Å². The van der Waals surface area contributed by atoms with Gasteiger partial charge in [-0.2, -0.15) is 4.98 Å². The molecule has 6 nitrogen and oxygen atoms in total. The Morgan fingerprint density at radius 3 is 2.44 bits per heavy atom. The van der Waals surface area contributed by atoms with Crippen molar-refractivity contribution in [2.45, 2.75) is 31.6 Å². The first-order valence-corrected chi connectivity index (χ1v) is 8.78. The highest BCUT2D eigenvalue weighted by Crippen LogP contribution is 2.30. The highest BCUT2D eigenvalue weighted by Gasteiger charge is 2.38. The number of alkyl halides is 2. The Morgan fingerprint density at radius 1 is 1.20 bits per heavy atom. The molecular formula is C17H25F2N5O. The second-order valence-electron chi connectivity index (χ2n) is 7.05. The van der Waals surface area contributed by atoms with Gasteiger partial charge in [0.25, 0.3) is 5.92 Å². The van der Waals surface area contributed by atoms with Crippen LogP contribution in [0, 0.1) is 5.92 Å². The number of anilines is 2. The topological polar surface area (TPSA) is 52.6 Å². The number of halogens is 2. The third-order valence-electron chi connectivity index (χ3n) is 5.02. The summed E-state index contributed by atoms with van der Waals surface area (Å²) in [6.45, 7) is 1.74. The molecule has 1 amide bonds. The lowest BCUT2D eigenvalue weighted by Gasteiger charge is -2.37. The zero-order chi connectivity index (χ0) is 18.0. The Hall–Kier alpha value is -1.99. The molecule has 0 saturated carbocycles. The van der Waals surface area contributed by atoms with Gasteiger partial charge in [-0.25, -0.2) is 13.8 Å². The first kappa shape index (κ1) is 17.8. The fraction of sp³-hybridized carbons (Fsp3) is 0.706. The van der Waals surface area contributed by atoms with E-state index in [9.17, 15) is 13.6 Å². The van der Waals surface area contributed by atoms with Crippen molar-refractivity contribution in [2.24, 2.45) is 5.92 Å². The van der Waals surface area contributed by atoms with Crippen LogP contribution in [0.15, 0.2) is 12.3 Å². The number of aromatic nitrogens is 2. The number of amides is 1. The normalized spacial score (nSPS) is 21.3. The van der Waals surface area contributed by atoms with Crippen LogP contribution in [0.25, 0.3) is 0 Å². The van der Waals surface area contributed by atoms with Crippen LogP contribution in [0.2, 0.25) is 0 Å². The minimum atomic E-state index is -2.62. The third kappa shape index (κ3) is 4.16. The highest BCUT2D eigenvalue weighted by molar-refractivity contribution is 5.79. The molecule has 0 aliphatic carbocycles. The van der Waals surface area contributed by atoms with Crippen LogP contribution in [-0.2, 0) is 4.79 Å². The van der Waals surface area contributed by atoms with Gasteiger partial charge in [0.2, 0.25) is 11.9 Å². The zero-order valence-electron chi connectivity index (χ0n) is 14.8. The Morgan fingerprint density at radius 2 is 1.84 bits per heavy atom. The van der Waals surface area contributed by atoms with Crippen LogP contribution >= 0.6 is 0 Å². The molecular weight excluding hydrogens is 328 g/mol. The minimum Gasteiger partial charge on any atom is -0.363 e. The Balaban J connectivity index is 1.55. The number of piperidine rings is 2. The van der Waals surface area contributed by atoms with Gasteiger partial charge in [-0.3, -0.25) is 4.79 Å². The van der Waals surface area contributed by atoms with E-state index in [4.69, 9.17) is 0 Å². The van der Waals surface area contributed by atoms with Gasteiger partial charge in [-0.1, -0.05) is 0 Å². The molecule has 2 aliphatic heterocycles. The second-order valence-corrected chi connectivity index (χ2v) is 7.05. The van der Waals surface area contributed by atoms with E-state index in [1.54, 1.807) is 11.1 Å². The molecule has 25 heavy (non-hydrogen) atoms. The lowest BCUT2D eigenvalue weighted by Crippen LogP contribution is -2.47. The number of likely N-dealkylation sites (tertiary alicyclic amines) is 1. The fourth-order valence-electron chi connectivity index (χ4n) is 3.38. The Bertz CT molecular complexity index is 607. The quantitative estimate of drug-likeness (QED) is 0.832. The average molecular weight is 353 g/mol. The zero-order valence-corrected chi connectivity index (χ0v) is 14.8. The molecule has 2 aliphatic rings. The molecule has 0 bridgehead atoms. The van der Waals surface area contributed by atoms with Crippen LogP contribution in [0.4, 0.5) is 20.5 Å². The van der Waals surface area contributed by atoms with Crippen LogP contribution in [-0.4, -0.2) is 67.0 Å². The maximum absolute atomic E-state index is 13.2. The van der Waals surface area contributed by atoms with E-state index in [-0.39, 0.29) is 37.8 Å². The van der Waals surface area contributed by atoms with Gasteiger partial charge in [0.15, 0.2) is 0 Å². The molecule has 0 radical (unpaired) electrons. The van der Waals surface area contributed by atoms with Crippen molar-refractivity contribution in [2.75, 3.05) is 50.1 Å². The number of hydrogen-bond acceptors (Lipinski definition) is 5. The first-order chi connectivity index (χ1) is 11.9. The van der Waals surface area contributed by atoms with Crippen molar-refractivity contribution in [3.63, 3.8) is 0 Å². The monoisotopic (exact) mass is 353 g/mol. The summed E-state index contributed by atoms with van der Waals surface area (Å²) in [6, 6.07) is 1.85. The van der Waals surface area contributed by atoms with Gasteiger partial charge in [-0.05, 0) is 18.9 Å². The fourth-order valence-corrected chi connectivity index (χ4v) is 3.38. The maximum atomic E-state index is 13.2. The molecule has 0 aromatic carbocycles. The molecule has 1 aromatic heterocycles. The van der Waals surface area contributed by atoms with Gasteiger partial charge in [0.1, 0.15) is 5.82 Å². The van der Waals surface area contributed by atoms with Crippen molar-refractivity contribution >= 4 is 17.7 Å². The van der Waals surface area contributed by atoms with E-state index in [1.807, 2.05) is 25.1 Å². The molecule has 1 aromatic rings. The molecule has 0 spiro atoms. The lowest BCUT2D eigenvalue weighted by molar-refractivity contribution is -0.142. The van der Waals surface area contributed by atoms with E-state index in [0.29, 0.717) is 31.9 Å². The molecule has 3 heterocycles. The van der Waals surface area contributed by atoms with Crippen LogP contribution in [0.5, 0.6) is 0 Å². The second kappa shape index (κ2) is 7.09. The molecule has 0 atom stereocenters. The first-order valence-electron chi connectivity index (χ1n) is 8.78. The summed E-state index contributed by atoms with van der Waals surface area (Å²) in [5.74, 6) is -1.15. The number of carbonyl (C=O) groups is 1. The SMILES string of the molecule is CN(C)c1ccnc(N2CCC(C(=O)N3CCC(F)(F)CC3)CC2)n1. The smallest absolute Gasteiger partial charge is 0.251 e.